The molecular formula is C30H28BrOP. The van der Waals surface area contributed by atoms with Crippen LogP contribution >= 0.6 is 23.1 Å². The van der Waals surface area contributed by atoms with Crippen molar-refractivity contribution in [2.75, 3.05) is 0 Å². The summed E-state index contributed by atoms with van der Waals surface area (Å²) in [4.78, 5) is 0. The van der Waals surface area contributed by atoms with E-state index >= 15 is 4.57 Å². The molecule has 1 heterocycles. The molecule has 0 N–H and O–H groups in total. The van der Waals surface area contributed by atoms with Crippen LogP contribution < -0.4 is 5.30 Å². The molecule has 4 aromatic carbocycles. The van der Waals surface area contributed by atoms with Crippen molar-refractivity contribution in [3.05, 3.63) is 138 Å². The summed E-state index contributed by atoms with van der Waals surface area (Å²) in [6.07, 6.45) is 2.60. The molecule has 1 fully saturated rings. The van der Waals surface area contributed by atoms with E-state index in [2.05, 4.69) is 107 Å². The van der Waals surface area contributed by atoms with E-state index in [1.807, 2.05) is 24.3 Å². The van der Waals surface area contributed by atoms with Gasteiger partial charge in [0.1, 0.15) is 7.14 Å². The molecule has 1 aliphatic heterocycles. The van der Waals surface area contributed by atoms with E-state index in [-0.39, 0.29) is 5.66 Å². The van der Waals surface area contributed by atoms with Crippen molar-refractivity contribution in [2.45, 2.75) is 35.4 Å². The van der Waals surface area contributed by atoms with Crippen LogP contribution in [0.5, 0.6) is 0 Å². The Hall–Kier alpha value is -2.41. The summed E-state index contributed by atoms with van der Waals surface area (Å²) in [7, 11) is -2.92. The number of hydrogen-bond acceptors (Lipinski definition) is 1. The smallest absolute Gasteiger partial charge is 0.133 e. The topological polar surface area (TPSA) is 17.1 Å². The molecule has 0 bridgehead atoms. The minimum atomic E-state index is -2.92. The fourth-order valence-electron chi connectivity index (χ4n) is 5.70. The highest BCUT2D eigenvalue weighted by Crippen LogP contribution is 2.79. The quantitative estimate of drug-likeness (QED) is 0.187. The van der Waals surface area contributed by atoms with Gasteiger partial charge in [-0.15, -0.1) is 0 Å². The van der Waals surface area contributed by atoms with Gasteiger partial charge >= 0.3 is 0 Å². The first-order valence-electron chi connectivity index (χ1n) is 11.6. The Morgan fingerprint density at radius 2 is 1.36 bits per heavy atom. The van der Waals surface area contributed by atoms with Crippen molar-refractivity contribution in [3.8, 4) is 0 Å². The summed E-state index contributed by atoms with van der Waals surface area (Å²) in [5.74, 6) is 0. The van der Waals surface area contributed by atoms with Gasteiger partial charge < -0.3 is 4.57 Å². The van der Waals surface area contributed by atoms with Crippen LogP contribution in [0.25, 0.3) is 0 Å². The molecule has 1 saturated heterocycles. The van der Waals surface area contributed by atoms with E-state index in [0.29, 0.717) is 0 Å². The standard InChI is InChI=1S/C30H28BrOP/c31-23-25-12-10-11-24(21-25)22-30(27-15-6-2-7-16-27)20-19-29(26-13-4-1-5-14-26)33(30,32)28-17-8-3-9-18-28/h1-18,21,29H,19-20,22-23H2/t29-,30-,33-/m0/s1. The second-order valence-electron chi connectivity index (χ2n) is 8.99. The fourth-order valence-corrected chi connectivity index (χ4v) is 10.6. The van der Waals surface area contributed by atoms with Crippen LogP contribution in [0.1, 0.15) is 40.8 Å². The first kappa shape index (κ1) is 22.4. The molecule has 1 nitrogen and oxygen atoms in total. The van der Waals surface area contributed by atoms with Crippen LogP contribution in [-0.4, -0.2) is 0 Å². The lowest BCUT2D eigenvalue weighted by molar-refractivity contribution is 0.522. The third kappa shape index (κ3) is 3.94. The van der Waals surface area contributed by atoms with E-state index in [4.69, 9.17) is 0 Å². The highest BCUT2D eigenvalue weighted by atomic mass is 79.9. The van der Waals surface area contributed by atoms with Crippen molar-refractivity contribution in [1.29, 1.82) is 0 Å². The predicted octanol–water partition coefficient (Wildman–Crippen LogP) is 8.24. The molecule has 3 heteroatoms. The molecule has 3 atom stereocenters. The zero-order chi connectivity index (χ0) is 22.7. The number of benzene rings is 4. The van der Waals surface area contributed by atoms with Crippen LogP contribution in [0.15, 0.2) is 115 Å². The molecule has 33 heavy (non-hydrogen) atoms. The Morgan fingerprint density at radius 3 is 2.03 bits per heavy atom. The predicted molar refractivity (Wildman–Crippen MR) is 143 cm³/mol. The number of halogens is 1. The third-order valence-electron chi connectivity index (χ3n) is 7.18. The lowest BCUT2D eigenvalue weighted by Gasteiger charge is -2.39. The first-order valence-corrected chi connectivity index (χ1v) is 14.5. The molecule has 0 radical (unpaired) electrons. The Labute approximate surface area is 205 Å². The van der Waals surface area contributed by atoms with Crippen molar-refractivity contribution in [2.24, 2.45) is 0 Å². The third-order valence-corrected chi connectivity index (χ3v) is 12.2. The molecule has 5 rings (SSSR count). The van der Waals surface area contributed by atoms with Gasteiger partial charge in [0.05, 0.1) is 5.16 Å². The highest BCUT2D eigenvalue weighted by molar-refractivity contribution is 9.08. The zero-order valence-electron chi connectivity index (χ0n) is 18.6. The maximum Gasteiger partial charge on any atom is 0.133 e. The van der Waals surface area contributed by atoms with E-state index in [1.54, 1.807) is 0 Å². The minimum Gasteiger partial charge on any atom is -0.317 e. The van der Waals surface area contributed by atoms with Gasteiger partial charge in [-0.1, -0.05) is 131 Å². The lowest BCUT2D eigenvalue weighted by atomic mass is 9.86. The van der Waals surface area contributed by atoms with Gasteiger partial charge in [-0.05, 0) is 41.5 Å². The maximum absolute atomic E-state index is 15.7. The van der Waals surface area contributed by atoms with Crippen molar-refractivity contribution >= 4 is 28.4 Å². The molecule has 4 aromatic rings. The summed E-state index contributed by atoms with van der Waals surface area (Å²) in [5, 5.41) is 1.38. The number of rotatable bonds is 6. The summed E-state index contributed by atoms with van der Waals surface area (Å²) in [5.41, 5.74) is 4.90. The Balaban J connectivity index is 1.75. The van der Waals surface area contributed by atoms with Gasteiger partial charge in [0.25, 0.3) is 0 Å². The second-order valence-corrected chi connectivity index (χ2v) is 12.9. The molecule has 0 amide bonds. The van der Waals surface area contributed by atoms with Gasteiger partial charge in [0.15, 0.2) is 0 Å². The van der Waals surface area contributed by atoms with Gasteiger partial charge in [0.2, 0.25) is 0 Å². The molecule has 0 aliphatic carbocycles. The molecule has 0 aromatic heterocycles. The lowest BCUT2D eigenvalue weighted by Crippen LogP contribution is -2.30. The first-order chi connectivity index (χ1) is 16.2. The number of hydrogen-bond donors (Lipinski definition) is 0. The summed E-state index contributed by atoms with van der Waals surface area (Å²) in [6.45, 7) is 0. The highest BCUT2D eigenvalue weighted by Gasteiger charge is 2.59. The largest absolute Gasteiger partial charge is 0.317 e. The van der Waals surface area contributed by atoms with Crippen molar-refractivity contribution < 1.29 is 4.57 Å². The molecule has 0 saturated carbocycles. The molecule has 1 aliphatic rings. The second kappa shape index (κ2) is 9.45. The average molecular weight is 515 g/mol. The van der Waals surface area contributed by atoms with E-state index in [0.717, 1.165) is 29.9 Å². The van der Waals surface area contributed by atoms with E-state index in [9.17, 15) is 0 Å². The van der Waals surface area contributed by atoms with E-state index < -0.39 is 12.3 Å². The normalized spacial score (nSPS) is 24.6. The fraction of sp³-hybridized carbons (Fsp3) is 0.200. The van der Waals surface area contributed by atoms with Gasteiger partial charge in [-0.25, -0.2) is 0 Å². The molecule has 0 spiro atoms. The van der Waals surface area contributed by atoms with Crippen LogP contribution in [0.4, 0.5) is 0 Å². The van der Waals surface area contributed by atoms with Crippen LogP contribution in [0.2, 0.25) is 0 Å². The monoisotopic (exact) mass is 514 g/mol. The maximum atomic E-state index is 15.7. The zero-order valence-corrected chi connectivity index (χ0v) is 21.1. The van der Waals surface area contributed by atoms with Crippen molar-refractivity contribution in [3.63, 3.8) is 0 Å². The molecule has 0 unspecified atom stereocenters. The molecular weight excluding hydrogens is 487 g/mol. The Morgan fingerprint density at radius 1 is 0.758 bits per heavy atom. The average Bonchev–Trinajstić information content (AvgIpc) is 3.19. The SMILES string of the molecule is O=[P@@]1(c2ccccc2)[C@H](c2ccccc2)CC[C@]1(Cc1cccc(CBr)c1)c1ccccc1. The van der Waals surface area contributed by atoms with Gasteiger partial charge in [0, 0.05) is 16.3 Å². The minimum absolute atomic E-state index is 0.0145. The Bertz CT molecular complexity index is 1260. The van der Waals surface area contributed by atoms with Gasteiger partial charge in [-0.2, -0.15) is 0 Å². The summed E-state index contributed by atoms with van der Waals surface area (Å²) < 4.78 is 15.7. The van der Waals surface area contributed by atoms with Crippen LogP contribution in [0.3, 0.4) is 0 Å². The summed E-state index contributed by atoms with van der Waals surface area (Å²) in [6, 6.07) is 40.2. The molecule has 166 valence electrons. The van der Waals surface area contributed by atoms with Gasteiger partial charge in [-0.3, -0.25) is 0 Å². The van der Waals surface area contributed by atoms with Crippen molar-refractivity contribution in [1.82, 2.24) is 0 Å². The Kier molecular flexibility index (Phi) is 6.41. The van der Waals surface area contributed by atoms with Crippen LogP contribution in [-0.2, 0) is 21.5 Å². The number of alkyl halides is 1. The van der Waals surface area contributed by atoms with Crippen LogP contribution in [0, 0.1) is 0 Å². The van der Waals surface area contributed by atoms with E-state index in [1.165, 1.54) is 22.3 Å². The summed E-state index contributed by atoms with van der Waals surface area (Å²) >= 11 is 3.61.